The fourth-order valence-corrected chi connectivity index (χ4v) is 5.90. The van der Waals surface area contributed by atoms with E-state index < -0.39 is 10.0 Å². The van der Waals surface area contributed by atoms with Crippen molar-refractivity contribution >= 4 is 38.9 Å². The van der Waals surface area contributed by atoms with Crippen molar-refractivity contribution in [3.8, 4) is 0 Å². The molecule has 140 valence electrons. The molecule has 0 saturated heterocycles. The van der Waals surface area contributed by atoms with Crippen molar-refractivity contribution in [2.75, 3.05) is 20.1 Å². The summed E-state index contributed by atoms with van der Waals surface area (Å²) in [5.41, 5.74) is 1.78. The first-order valence-electron chi connectivity index (χ1n) is 7.99. The number of carbonyl (C=O) groups excluding carboxylic acids is 1. The van der Waals surface area contributed by atoms with Crippen LogP contribution in [0, 0.1) is 5.82 Å². The second-order valence-corrected chi connectivity index (χ2v) is 10.2. The molecule has 1 aliphatic heterocycles. The Hall–Kier alpha value is -1.48. The lowest BCUT2D eigenvalue weighted by Crippen LogP contribution is -2.44. The van der Waals surface area contributed by atoms with Crippen LogP contribution in [0.1, 0.15) is 24.1 Å². The highest BCUT2D eigenvalue weighted by atomic mass is 35.5. The number of likely N-dealkylation sites (N-methyl/N-ethyl adjacent to an activating group) is 1. The molecule has 3 rings (SSSR count). The fraction of sp³-hybridized carbons (Fsp3) is 0.353. The number of nitrogens with zero attached hydrogens (tertiary/aromatic N) is 2. The molecule has 0 aliphatic carbocycles. The van der Waals surface area contributed by atoms with Crippen LogP contribution >= 0.6 is 22.9 Å². The van der Waals surface area contributed by atoms with Crippen LogP contribution in [0.15, 0.2) is 34.5 Å². The molecule has 5 nitrogen and oxygen atoms in total. The van der Waals surface area contributed by atoms with Gasteiger partial charge < -0.3 is 4.90 Å². The number of rotatable bonds is 4. The summed E-state index contributed by atoms with van der Waals surface area (Å²) in [5.74, 6) is -0.666. The summed E-state index contributed by atoms with van der Waals surface area (Å²) < 4.78 is 40.1. The molecule has 1 aromatic carbocycles. The number of hydrogen-bond donors (Lipinski definition) is 0. The third-order valence-corrected chi connectivity index (χ3v) is 8.04. The summed E-state index contributed by atoms with van der Waals surface area (Å²) in [6.45, 7) is 2.01. The predicted octanol–water partition coefficient (Wildman–Crippen LogP) is 3.31. The van der Waals surface area contributed by atoms with Gasteiger partial charge in [-0.15, -0.1) is 11.3 Å². The first-order chi connectivity index (χ1) is 12.2. The second-order valence-electron chi connectivity index (χ2n) is 6.18. The largest absolute Gasteiger partial charge is 0.334 e. The van der Waals surface area contributed by atoms with Crippen LogP contribution in [0.2, 0.25) is 4.34 Å². The van der Waals surface area contributed by atoms with E-state index in [1.165, 1.54) is 31.3 Å². The maximum Gasteiger partial charge on any atom is 0.252 e. The molecule has 9 heteroatoms. The number of amides is 1. The highest BCUT2D eigenvalue weighted by molar-refractivity contribution is 7.91. The molecule has 0 radical (unpaired) electrons. The van der Waals surface area contributed by atoms with E-state index in [0.717, 1.165) is 26.8 Å². The Kier molecular flexibility index (Phi) is 5.39. The van der Waals surface area contributed by atoms with Crippen LogP contribution in [-0.2, 0) is 21.2 Å². The number of thiophene rings is 1. The van der Waals surface area contributed by atoms with Gasteiger partial charge in [-0.05, 0) is 48.7 Å². The predicted molar refractivity (Wildman–Crippen MR) is 99.4 cm³/mol. The van der Waals surface area contributed by atoms with Crippen LogP contribution in [0.4, 0.5) is 4.39 Å². The summed E-state index contributed by atoms with van der Waals surface area (Å²) in [6, 6.07) is 7.20. The Balaban J connectivity index is 1.76. The van der Waals surface area contributed by atoms with Gasteiger partial charge in [0.15, 0.2) is 0 Å². The zero-order valence-corrected chi connectivity index (χ0v) is 16.7. The molecule has 1 unspecified atom stereocenters. The van der Waals surface area contributed by atoms with Crippen molar-refractivity contribution in [2.45, 2.75) is 23.6 Å². The molecule has 1 aliphatic rings. The molecule has 0 bridgehead atoms. The molecule has 0 N–H and O–H groups in total. The Morgan fingerprint density at radius 1 is 1.38 bits per heavy atom. The summed E-state index contributed by atoms with van der Waals surface area (Å²) in [7, 11) is -2.41. The average Bonchev–Trinajstić information content (AvgIpc) is 3.02. The number of fused-ring (bicyclic) bond motifs is 1. The monoisotopic (exact) mass is 416 g/mol. The number of carbonyl (C=O) groups is 1. The molecule has 2 aromatic rings. The van der Waals surface area contributed by atoms with Crippen molar-refractivity contribution in [2.24, 2.45) is 0 Å². The quantitative estimate of drug-likeness (QED) is 0.768. The number of sulfonamides is 1. The number of benzene rings is 1. The van der Waals surface area contributed by atoms with E-state index in [2.05, 4.69) is 0 Å². The first kappa shape index (κ1) is 19.3. The summed E-state index contributed by atoms with van der Waals surface area (Å²) in [4.78, 5) is 14.3. The minimum absolute atomic E-state index is 0.0944. The lowest BCUT2D eigenvalue weighted by atomic mass is 9.93. The molecule has 1 amide bonds. The van der Waals surface area contributed by atoms with Gasteiger partial charge in [0.1, 0.15) is 10.0 Å². The van der Waals surface area contributed by atoms with Gasteiger partial charge in [-0.25, -0.2) is 12.8 Å². The second kappa shape index (κ2) is 7.26. The zero-order valence-electron chi connectivity index (χ0n) is 14.3. The lowest BCUT2D eigenvalue weighted by molar-refractivity contribution is -0.133. The summed E-state index contributed by atoms with van der Waals surface area (Å²) in [5, 5.41) is 0. The Labute approximate surface area is 161 Å². The van der Waals surface area contributed by atoms with Gasteiger partial charge >= 0.3 is 0 Å². The third-order valence-electron chi connectivity index (χ3n) is 4.54. The van der Waals surface area contributed by atoms with Crippen LogP contribution in [0.25, 0.3) is 0 Å². The Bertz CT molecular complexity index is 945. The van der Waals surface area contributed by atoms with Gasteiger partial charge in [0, 0.05) is 13.6 Å². The minimum Gasteiger partial charge on any atom is -0.334 e. The van der Waals surface area contributed by atoms with Gasteiger partial charge in [-0.3, -0.25) is 4.79 Å². The van der Waals surface area contributed by atoms with Crippen LogP contribution in [0.5, 0.6) is 0 Å². The zero-order chi connectivity index (χ0) is 19.1. The molecular weight excluding hydrogens is 399 g/mol. The van der Waals surface area contributed by atoms with Crippen molar-refractivity contribution in [3.63, 3.8) is 0 Å². The van der Waals surface area contributed by atoms with Crippen molar-refractivity contribution in [1.29, 1.82) is 0 Å². The highest BCUT2D eigenvalue weighted by Gasteiger charge is 2.31. The van der Waals surface area contributed by atoms with E-state index in [9.17, 15) is 17.6 Å². The van der Waals surface area contributed by atoms with Gasteiger partial charge in [0.2, 0.25) is 5.91 Å². The van der Waals surface area contributed by atoms with E-state index in [0.29, 0.717) is 17.3 Å². The molecule has 1 atom stereocenters. The van der Waals surface area contributed by atoms with Crippen LogP contribution < -0.4 is 0 Å². The molecule has 0 fully saturated rings. The van der Waals surface area contributed by atoms with Crippen LogP contribution in [-0.4, -0.2) is 43.7 Å². The molecule has 1 aromatic heterocycles. The third kappa shape index (κ3) is 3.64. The summed E-state index contributed by atoms with van der Waals surface area (Å²) >= 11 is 6.76. The maximum absolute atomic E-state index is 13.6. The van der Waals surface area contributed by atoms with Crippen molar-refractivity contribution in [1.82, 2.24) is 9.21 Å². The highest BCUT2D eigenvalue weighted by Crippen LogP contribution is 2.31. The van der Waals surface area contributed by atoms with E-state index in [4.69, 9.17) is 11.6 Å². The number of hydrogen-bond acceptors (Lipinski definition) is 4. The first-order valence-corrected chi connectivity index (χ1v) is 10.6. The topological polar surface area (TPSA) is 57.7 Å². The molecular formula is C17H18ClFN2O3S2. The molecule has 2 heterocycles. The van der Waals surface area contributed by atoms with Gasteiger partial charge in [0.25, 0.3) is 10.0 Å². The lowest BCUT2D eigenvalue weighted by Gasteiger charge is -2.36. The molecule has 0 spiro atoms. The normalized spacial score (nSPS) is 17.4. The van der Waals surface area contributed by atoms with E-state index >= 15 is 0 Å². The minimum atomic E-state index is -3.78. The van der Waals surface area contributed by atoms with Gasteiger partial charge in [-0.1, -0.05) is 17.7 Å². The smallest absolute Gasteiger partial charge is 0.252 e. The number of halogens is 2. The maximum atomic E-state index is 13.6. The summed E-state index contributed by atoms with van der Waals surface area (Å²) in [6.07, 6.45) is 0.614. The van der Waals surface area contributed by atoms with E-state index in [1.54, 1.807) is 11.0 Å². The van der Waals surface area contributed by atoms with E-state index in [1.807, 2.05) is 6.92 Å². The SMILES string of the molecule is CC1c2cc(F)ccc2CCN1C(=O)CN(C)S(=O)(=O)c1ccc(Cl)s1. The van der Waals surface area contributed by atoms with Gasteiger partial charge in [0.05, 0.1) is 16.9 Å². The van der Waals surface area contributed by atoms with E-state index in [-0.39, 0.29) is 28.5 Å². The Morgan fingerprint density at radius 2 is 2.12 bits per heavy atom. The van der Waals surface area contributed by atoms with Crippen LogP contribution in [0.3, 0.4) is 0 Å². The average molecular weight is 417 g/mol. The Morgan fingerprint density at radius 3 is 2.77 bits per heavy atom. The standard InChI is InChI=1S/C17H18ClFN2O3S2/c1-11-14-9-13(19)4-3-12(14)7-8-21(11)16(22)10-20(2)26(23,24)17-6-5-15(18)25-17/h3-6,9,11H,7-8,10H2,1-2H3. The van der Waals surface area contributed by atoms with Crippen molar-refractivity contribution < 1.29 is 17.6 Å². The van der Waals surface area contributed by atoms with Gasteiger partial charge in [-0.2, -0.15) is 4.31 Å². The molecule has 0 saturated carbocycles. The fourth-order valence-electron chi connectivity index (χ4n) is 3.08. The van der Waals surface area contributed by atoms with Crippen molar-refractivity contribution in [3.05, 3.63) is 51.6 Å². The molecule has 26 heavy (non-hydrogen) atoms.